The lowest BCUT2D eigenvalue weighted by molar-refractivity contribution is 0.370. The number of halogens is 1. The van der Waals surface area contributed by atoms with E-state index in [0.29, 0.717) is 5.75 Å². The van der Waals surface area contributed by atoms with Crippen molar-refractivity contribution in [1.29, 1.82) is 5.26 Å². The second-order valence-corrected chi connectivity index (χ2v) is 3.38. The molecule has 0 spiro atoms. The third-order valence-corrected chi connectivity index (χ3v) is 2.59. The van der Waals surface area contributed by atoms with Gasteiger partial charge in [-0.2, -0.15) is 5.26 Å². The molecule has 1 N–H and O–H groups in total. The SMILES string of the molecule is COc1c(C)c(Br)cc(C#N)c1O. The zero-order valence-corrected chi connectivity index (χ0v) is 8.84. The topological polar surface area (TPSA) is 53.2 Å². The van der Waals surface area contributed by atoms with Gasteiger partial charge in [0.15, 0.2) is 11.5 Å². The van der Waals surface area contributed by atoms with Crippen LogP contribution in [0.4, 0.5) is 0 Å². The molecular weight excluding hydrogens is 234 g/mol. The summed E-state index contributed by atoms with van der Waals surface area (Å²) in [5.74, 6) is 0.233. The number of benzene rings is 1. The molecule has 0 bridgehead atoms. The van der Waals surface area contributed by atoms with Crippen molar-refractivity contribution < 1.29 is 9.84 Å². The molecule has 0 aliphatic rings. The summed E-state index contributed by atoms with van der Waals surface area (Å²) in [4.78, 5) is 0. The average molecular weight is 242 g/mol. The number of ether oxygens (including phenoxy) is 1. The van der Waals surface area contributed by atoms with Gasteiger partial charge >= 0.3 is 0 Å². The highest BCUT2D eigenvalue weighted by Gasteiger charge is 2.13. The minimum atomic E-state index is -0.106. The Labute approximate surface area is 84.7 Å². The van der Waals surface area contributed by atoms with Crippen LogP contribution in [-0.2, 0) is 0 Å². The van der Waals surface area contributed by atoms with Gasteiger partial charge in [-0.05, 0) is 13.0 Å². The third-order valence-electron chi connectivity index (χ3n) is 1.76. The van der Waals surface area contributed by atoms with E-state index in [1.54, 1.807) is 13.0 Å². The van der Waals surface area contributed by atoms with Crippen LogP contribution in [0.25, 0.3) is 0 Å². The smallest absolute Gasteiger partial charge is 0.176 e. The third kappa shape index (κ3) is 1.61. The summed E-state index contributed by atoms with van der Waals surface area (Å²) in [6.07, 6.45) is 0. The van der Waals surface area contributed by atoms with Crippen LogP contribution in [0.2, 0.25) is 0 Å². The first kappa shape index (κ1) is 9.87. The highest BCUT2D eigenvalue weighted by molar-refractivity contribution is 9.10. The summed E-state index contributed by atoms with van der Waals surface area (Å²) >= 11 is 3.27. The number of aromatic hydroxyl groups is 1. The average Bonchev–Trinajstić information content (AvgIpc) is 2.12. The highest BCUT2D eigenvalue weighted by atomic mass is 79.9. The monoisotopic (exact) mass is 241 g/mol. The highest BCUT2D eigenvalue weighted by Crippen LogP contribution is 2.37. The first-order chi connectivity index (χ1) is 6.11. The van der Waals surface area contributed by atoms with Crippen LogP contribution >= 0.6 is 15.9 Å². The molecule has 1 aromatic carbocycles. The van der Waals surface area contributed by atoms with Crippen molar-refractivity contribution in [2.45, 2.75) is 6.92 Å². The van der Waals surface area contributed by atoms with Gasteiger partial charge in [0, 0.05) is 10.0 Å². The van der Waals surface area contributed by atoms with E-state index in [1.807, 2.05) is 6.07 Å². The van der Waals surface area contributed by atoms with Crippen molar-refractivity contribution in [3.05, 3.63) is 21.7 Å². The second kappa shape index (κ2) is 3.67. The van der Waals surface area contributed by atoms with Crippen molar-refractivity contribution in [3.63, 3.8) is 0 Å². The van der Waals surface area contributed by atoms with Gasteiger partial charge < -0.3 is 9.84 Å². The molecule has 3 nitrogen and oxygen atoms in total. The first-order valence-electron chi connectivity index (χ1n) is 3.58. The normalized spacial score (nSPS) is 9.38. The maximum absolute atomic E-state index is 9.53. The number of hydrogen-bond acceptors (Lipinski definition) is 3. The lowest BCUT2D eigenvalue weighted by Crippen LogP contribution is -1.91. The summed E-state index contributed by atoms with van der Waals surface area (Å²) in [5.41, 5.74) is 0.980. The molecule has 0 aromatic heterocycles. The summed E-state index contributed by atoms with van der Waals surface area (Å²) < 4.78 is 5.72. The molecular formula is C9H8BrNO2. The fourth-order valence-corrected chi connectivity index (χ4v) is 1.46. The predicted octanol–water partition coefficient (Wildman–Crippen LogP) is 2.34. The molecule has 0 radical (unpaired) electrons. The number of hydrogen-bond donors (Lipinski definition) is 1. The van der Waals surface area contributed by atoms with Gasteiger partial charge in [0.2, 0.25) is 0 Å². The molecule has 0 fully saturated rings. The van der Waals surface area contributed by atoms with E-state index < -0.39 is 0 Å². The summed E-state index contributed by atoms with van der Waals surface area (Å²) in [6, 6.07) is 3.44. The van der Waals surface area contributed by atoms with E-state index in [4.69, 9.17) is 10.00 Å². The van der Waals surface area contributed by atoms with Gasteiger partial charge in [0.1, 0.15) is 6.07 Å². The molecule has 0 saturated heterocycles. The van der Waals surface area contributed by atoms with E-state index >= 15 is 0 Å². The van der Waals surface area contributed by atoms with Crippen molar-refractivity contribution in [2.75, 3.05) is 7.11 Å². The van der Waals surface area contributed by atoms with E-state index in [9.17, 15) is 5.11 Å². The molecule has 0 unspecified atom stereocenters. The molecule has 13 heavy (non-hydrogen) atoms. The maximum Gasteiger partial charge on any atom is 0.176 e. The molecule has 0 amide bonds. The Morgan fingerprint density at radius 1 is 1.62 bits per heavy atom. The first-order valence-corrected chi connectivity index (χ1v) is 4.37. The van der Waals surface area contributed by atoms with Crippen LogP contribution < -0.4 is 4.74 Å². The number of phenols is 1. The zero-order valence-electron chi connectivity index (χ0n) is 7.26. The van der Waals surface area contributed by atoms with Crippen molar-refractivity contribution in [2.24, 2.45) is 0 Å². The van der Waals surface area contributed by atoms with Crippen LogP contribution in [-0.4, -0.2) is 12.2 Å². The number of nitriles is 1. The molecule has 1 aromatic rings. The molecule has 0 aliphatic carbocycles. The minimum Gasteiger partial charge on any atom is -0.503 e. The quantitative estimate of drug-likeness (QED) is 0.822. The van der Waals surface area contributed by atoms with Gasteiger partial charge in [0.05, 0.1) is 12.7 Å². The largest absolute Gasteiger partial charge is 0.503 e. The van der Waals surface area contributed by atoms with Crippen molar-refractivity contribution in [3.8, 4) is 17.6 Å². The van der Waals surface area contributed by atoms with Crippen LogP contribution in [0.5, 0.6) is 11.5 Å². The Balaban J connectivity index is 3.50. The van der Waals surface area contributed by atoms with E-state index in [1.165, 1.54) is 7.11 Å². The molecule has 1 rings (SSSR count). The Bertz CT molecular complexity index is 382. The Hall–Kier alpha value is -1.21. The van der Waals surface area contributed by atoms with Crippen LogP contribution in [0.1, 0.15) is 11.1 Å². The van der Waals surface area contributed by atoms with Crippen LogP contribution in [0.3, 0.4) is 0 Å². The fourth-order valence-electron chi connectivity index (χ4n) is 1.05. The van der Waals surface area contributed by atoms with E-state index in [2.05, 4.69) is 15.9 Å². The zero-order chi connectivity index (χ0) is 10.0. The minimum absolute atomic E-state index is 0.106. The van der Waals surface area contributed by atoms with Gasteiger partial charge in [-0.1, -0.05) is 15.9 Å². The van der Waals surface area contributed by atoms with Crippen LogP contribution in [0, 0.1) is 18.3 Å². The van der Waals surface area contributed by atoms with E-state index in [-0.39, 0.29) is 11.3 Å². The molecule has 68 valence electrons. The van der Waals surface area contributed by atoms with Gasteiger partial charge in [-0.15, -0.1) is 0 Å². The van der Waals surface area contributed by atoms with Gasteiger partial charge in [-0.3, -0.25) is 0 Å². The van der Waals surface area contributed by atoms with Gasteiger partial charge in [-0.25, -0.2) is 0 Å². The molecule has 0 heterocycles. The Morgan fingerprint density at radius 3 is 2.69 bits per heavy atom. The Morgan fingerprint density at radius 2 is 2.23 bits per heavy atom. The summed E-state index contributed by atoms with van der Waals surface area (Å²) in [5, 5.41) is 18.2. The van der Waals surface area contributed by atoms with Crippen molar-refractivity contribution in [1.82, 2.24) is 0 Å². The molecule has 0 aliphatic heterocycles. The van der Waals surface area contributed by atoms with Crippen molar-refractivity contribution >= 4 is 15.9 Å². The second-order valence-electron chi connectivity index (χ2n) is 2.52. The van der Waals surface area contributed by atoms with Gasteiger partial charge in [0.25, 0.3) is 0 Å². The molecule has 0 atom stereocenters. The molecule has 4 heteroatoms. The molecule has 0 saturated carbocycles. The summed E-state index contributed by atoms with van der Waals surface area (Å²) in [7, 11) is 1.45. The lowest BCUT2D eigenvalue weighted by atomic mass is 10.1. The Kier molecular flexibility index (Phi) is 2.79. The number of phenolic OH excluding ortho intramolecular Hbond substituents is 1. The number of methoxy groups -OCH3 is 1. The maximum atomic E-state index is 9.53. The number of nitrogens with zero attached hydrogens (tertiary/aromatic N) is 1. The lowest BCUT2D eigenvalue weighted by Gasteiger charge is -2.09. The fraction of sp³-hybridized carbons (Fsp3) is 0.222. The predicted molar refractivity (Wildman–Crippen MR) is 51.8 cm³/mol. The number of rotatable bonds is 1. The summed E-state index contributed by atoms with van der Waals surface area (Å²) in [6.45, 7) is 1.80. The van der Waals surface area contributed by atoms with E-state index in [0.717, 1.165) is 10.0 Å². The standard InChI is InChI=1S/C9H8BrNO2/c1-5-7(10)3-6(4-11)8(12)9(5)13-2/h3,12H,1-2H3. The van der Waals surface area contributed by atoms with Crippen LogP contribution in [0.15, 0.2) is 10.5 Å².